The van der Waals surface area contributed by atoms with E-state index in [0.717, 1.165) is 66.6 Å². The number of fused-ring (bicyclic) bond motifs is 9. The highest BCUT2D eigenvalue weighted by molar-refractivity contribution is 7.75. The first-order valence-corrected chi connectivity index (χ1v) is 31.5. The molecule has 0 spiro atoms. The van der Waals surface area contributed by atoms with Crippen LogP contribution in [0.25, 0.3) is 77.2 Å². The second kappa shape index (κ2) is 20.6. The summed E-state index contributed by atoms with van der Waals surface area (Å²) in [5.41, 5.74) is 17.0. The van der Waals surface area contributed by atoms with Gasteiger partial charge in [-0.1, -0.05) is 217 Å². The molecule has 13 rings (SSSR count). The maximum atomic E-state index is 17.0. The number of aromatic nitrogens is 2. The highest BCUT2D eigenvalue weighted by atomic mass is 31.2. The van der Waals surface area contributed by atoms with Gasteiger partial charge in [-0.2, -0.15) is 0 Å². The van der Waals surface area contributed by atoms with E-state index in [9.17, 15) is 0 Å². The number of benzene rings is 10. The Morgan fingerprint density at radius 1 is 0.400 bits per heavy atom. The van der Waals surface area contributed by atoms with E-state index in [1.165, 1.54) is 44.1 Å². The van der Waals surface area contributed by atoms with Crippen LogP contribution < -0.4 is 24.6 Å². The van der Waals surface area contributed by atoms with E-state index in [2.05, 4.69) is 244 Å². The Hall–Kier alpha value is -8.57. The summed E-state index contributed by atoms with van der Waals surface area (Å²) in [5.74, 6) is 1.60. The van der Waals surface area contributed by atoms with Gasteiger partial charge in [-0.25, -0.2) is 0 Å². The average Bonchev–Trinajstić information content (AvgIpc) is 1.77. The molecule has 0 saturated heterocycles. The molecule has 0 saturated carbocycles. The Labute approximate surface area is 501 Å². The van der Waals surface area contributed by atoms with Gasteiger partial charge in [0.2, 0.25) is 0 Å². The molecule has 1 aliphatic heterocycles. The summed E-state index contributed by atoms with van der Waals surface area (Å²) in [6.45, 7) is 27.6. The van der Waals surface area contributed by atoms with Crippen molar-refractivity contribution in [2.24, 2.45) is 0 Å². The molecule has 1 atom stereocenters. The minimum absolute atomic E-state index is 0.000000866. The maximum Gasteiger partial charge on any atom is 0.311 e. The average molecular weight is 1140 g/mol. The van der Waals surface area contributed by atoms with Crippen LogP contribution in [-0.4, -0.2) is 9.13 Å². The molecule has 1 unspecified atom stereocenters. The van der Waals surface area contributed by atoms with E-state index in [0.29, 0.717) is 27.9 Å². The molecular weight excluding hydrogens is 1060 g/mol. The Morgan fingerprint density at radius 3 is 1.45 bits per heavy atom. The van der Waals surface area contributed by atoms with Crippen molar-refractivity contribution in [2.75, 3.05) is 0 Å². The van der Waals surface area contributed by atoms with Crippen molar-refractivity contribution in [3.05, 3.63) is 246 Å². The van der Waals surface area contributed by atoms with Gasteiger partial charge in [-0.3, -0.25) is 4.57 Å². The molecule has 2 aromatic heterocycles. The number of para-hydroxylation sites is 2. The van der Waals surface area contributed by atoms with Crippen molar-refractivity contribution in [2.45, 2.75) is 118 Å². The fourth-order valence-electron chi connectivity index (χ4n) is 12.3. The summed E-state index contributed by atoms with van der Waals surface area (Å²) in [6, 6.07) is 75.2. The summed E-state index contributed by atoms with van der Waals surface area (Å²) < 4.78 is 43.3. The lowest BCUT2D eigenvalue weighted by Crippen LogP contribution is -2.27. The fourth-order valence-corrected chi connectivity index (χ4v) is 14.7. The predicted octanol–water partition coefficient (Wildman–Crippen LogP) is 20.2. The van der Waals surface area contributed by atoms with Crippen molar-refractivity contribution in [3.63, 3.8) is 0 Å². The Kier molecular flexibility index (Phi) is 13.5. The summed E-state index contributed by atoms with van der Waals surface area (Å²) >= 11 is 0. The van der Waals surface area contributed by atoms with E-state index < -0.39 is 7.37 Å². The van der Waals surface area contributed by atoms with Gasteiger partial charge in [0.25, 0.3) is 0 Å². The highest BCUT2D eigenvalue weighted by Gasteiger charge is 2.42. The van der Waals surface area contributed by atoms with Gasteiger partial charge in [0, 0.05) is 39.2 Å². The molecule has 0 N–H and O–H groups in total. The molecule has 0 bridgehead atoms. The number of ether oxygens (including phenoxy) is 2. The molecule has 0 radical (unpaired) electrons. The first-order chi connectivity index (χ1) is 40.5. The summed E-state index contributed by atoms with van der Waals surface area (Å²) in [4.78, 5) is 0. The minimum atomic E-state index is -4.04. The maximum absolute atomic E-state index is 17.0. The molecule has 0 fully saturated rings. The zero-order chi connectivity index (χ0) is 59.4. The van der Waals surface area contributed by atoms with Crippen LogP contribution in [-0.2, 0) is 39.4 Å². The molecule has 85 heavy (non-hydrogen) atoms. The van der Waals surface area contributed by atoms with Gasteiger partial charge < -0.3 is 23.1 Å². The second-order valence-corrected chi connectivity index (χ2v) is 29.6. The van der Waals surface area contributed by atoms with Crippen molar-refractivity contribution < 1.29 is 18.6 Å². The van der Waals surface area contributed by atoms with Crippen LogP contribution in [0.1, 0.15) is 116 Å². The third-order valence-corrected chi connectivity index (χ3v) is 19.7. The highest BCUT2D eigenvalue weighted by Crippen LogP contribution is 2.58. The number of hydrogen-bond donors (Lipinski definition) is 0. The zero-order valence-electron chi connectivity index (χ0n) is 51.1. The van der Waals surface area contributed by atoms with E-state index >= 15 is 4.57 Å². The van der Waals surface area contributed by atoms with Crippen LogP contribution in [0.15, 0.2) is 212 Å². The van der Waals surface area contributed by atoms with Gasteiger partial charge in [0.15, 0.2) is 0 Å². The van der Waals surface area contributed by atoms with Gasteiger partial charge in [0.05, 0.1) is 32.5 Å². The Balaban J connectivity index is 1.05. The molecule has 3 heterocycles. The molecule has 7 heteroatoms. The molecule has 12 aromatic rings. The SMILES string of the molecule is CC(C)(C)c1ccc(COc2c(P3(=O)Oc4ccccc4-c4ccccc43)cc(OCc3ccc(C(C)(C)C)cc3)c3c2c2cc(-c4ccc(-n5c6ccc(C(C)(C)C)cc6c6cc(C(C)(C)C)ccc65)cc4)ccc2n3-c2ccccc2)cc1. The van der Waals surface area contributed by atoms with E-state index in [1.54, 1.807) is 0 Å². The van der Waals surface area contributed by atoms with Gasteiger partial charge in [-0.15, -0.1) is 0 Å². The van der Waals surface area contributed by atoms with Crippen LogP contribution in [0.2, 0.25) is 0 Å². The summed E-state index contributed by atoms with van der Waals surface area (Å²) in [6.07, 6.45) is 0. The largest absolute Gasteiger partial charge is 0.487 e. The molecule has 0 amide bonds. The molecular formula is C78H75N2O4P. The van der Waals surface area contributed by atoms with Crippen molar-refractivity contribution >= 4 is 61.6 Å². The van der Waals surface area contributed by atoms with Gasteiger partial charge >= 0.3 is 7.37 Å². The molecule has 1 aliphatic rings. The summed E-state index contributed by atoms with van der Waals surface area (Å²) in [7, 11) is -4.04. The topological polar surface area (TPSA) is 54.6 Å². The quantitative estimate of drug-likeness (QED) is 0.128. The fraction of sp³-hybridized carbons (Fsp3) is 0.231. The van der Waals surface area contributed by atoms with Crippen LogP contribution in [0.5, 0.6) is 17.2 Å². The van der Waals surface area contributed by atoms with Crippen molar-refractivity contribution in [1.82, 2.24) is 9.13 Å². The monoisotopic (exact) mass is 1130 g/mol. The Morgan fingerprint density at radius 2 is 0.871 bits per heavy atom. The standard InChI is InChI=1S/C78H75N2O4P/c1-75(2,3)54-33-26-50(27-34-54)48-82-69-47-71(85(81)70-25-19-17-23-61(70)60-22-16-18-24-68(60)84-85)74(83-49-51-28-35-55(36-29-51)76(4,5)6)72-64-44-53(32-41-67(64)80(73(69)72)58-20-14-13-15-21-58)52-30-39-59(40-31-52)79-65-42-37-56(77(7,8)9)45-62(65)63-46-57(78(10,11)12)38-43-66(63)79/h13-47H,48-49H2,1-12H3. The summed E-state index contributed by atoms with van der Waals surface area (Å²) in [5, 5.41) is 5.26. The zero-order valence-corrected chi connectivity index (χ0v) is 52.0. The smallest absolute Gasteiger partial charge is 0.311 e. The first-order valence-electron chi connectivity index (χ1n) is 29.9. The van der Waals surface area contributed by atoms with Crippen molar-refractivity contribution in [1.29, 1.82) is 0 Å². The van der Waals surface area contributed by atoms with E-state index in [1.807, 2.05) is 60.7 Å². The third-order valence-electron chi connectivity index (χ3n) is 17.3. The van der Waals surface area contributed by atoms with Crippen LogP contribution in [0, 0.1) is 0 Å². The third kappa shape index (κ3) is 10.0. The molecule has 0 aliphatic carbocycles. The number of hydrogen-bond acceptors (Lipinski definition) is 4. The lowest BCUT2D eigenvalue weighted by molar-refractivity contribution is 0.304. The molecule has 10 aromatic carbocycles. The Bertz CT molecular complexity index is 4520. The number of nitrogens with zero attached hydrogens (tertiary/aromatic N) is 2. The van der Waals surface area contributed by atoms with Gasteiger partial charge in [0.1, 0.15) is 36.0 Å². The lowest BCUT2D eigenvalue weighted by atomic mass is 9.85. The van der Waals surface area contributed by atoms with Crippen LogP contribution in [0.3, 0.4) is 0 Å². The van der Waals surface area contributed by atoms with E-state index in [4.69, 9.17) is 14.0 Å². The van der Waals surface area contributed by atoms with E-state index in [-0.39, 0.29) is 34.9 Å². The number of rotatable bonds is 10. The van der Waals surface area contributed by atoms with Crippen LogP contribution >= 0.6 is 7.37 Å². The predicted molar refractivity (Wildman–Crippen MR) is 356 cm³/mol. The second-order valence-electron chi connectivity index (χ2n) is 27.3. The molecule has 426 valence electrons. The van der Waals surface area contributed by atoms with Crippen molar-refractivity contribution in [3.8, 4) is 50.9 Å². The minimum Gasteiger partial charge on any atom is -0.487 e. The van der Waals surface area contributed by atoms with Crippen LogP contribution in [0.4, 0.5) is 0 Å². The first kappa shape index (κ1) is 55.6. The van der Waals surface area contributed by atoms with Gasteiger partial charge in [-0.05, 0) is 145 Å². The normalized spacial score (nSPS) is 14.6. The molecule has 6 nitrogen and oxygen atoms in total. The lowest BCUT2D eigenvalue weighted by Gasteiger charge is -2.30.